The Labute approximate surface area is 346 Å². The minimum Gasteiger partial charge on any atom is -0.489 e. The third kappa shape index (κ3) is 6.98. The Morgan fingerprint density at radius 2 is 0.850 bits per heavy atom. The van der Waals surface area contributed by atoms with E-state index in [0.717, 1.165) is 72.3 Å². The van der Waals surface area contributed by atoms with Crippen LogP contribution in [0.5, 0.6) is 34.5 Å². The summed E-state index contributed by atoms with van der Waals surface area (Å²) in [6, 6.07) is 44.3. The molecule has 0 aliphatic rings. The van der Waals surface area contributed by atoms with Gasteiger partial charge in [0.15, 0.2) is 5.82 Å². The summed E-state index contributed by atoms with van der Waals surface area (Å²) < 4.78 is 29.4. The highest BCUT2D eigenvalue weighted by molar-refractivity contribution is 6.10. The molecule has 10 aromatic rings. The van der Waals surface area contributed by atoms with Crippen molar-refractivity contribution >= 4 is 43.6 Å². The Balaban J connectivity index is 1.03. The van der Waals surface area contributed by atoms with Crippen LogP contribution in [0, 0.1) is 0 Å². The van der Waals surface area contributed by atoms with Crippen LogP contribution in [-0.2, 0) is 0 Å². The molecule has 60 heavy (non-hydrogen) atoms. The lowest BCUT2D eigenvalue weighted by atomic mass is 10.1. The molecule has 0 spiro atoms. The monoisotopic (exact) mass is 788 g/mol. The first-order chi connectivity index (χ1) is 29.3. The van der Waals surface area contributed by atoms with Crippen LogP contribution < -0.4 is 18.9 Å². The molecule has 5 aromatic heterocycles. The quantitative estimate of drug-likeness (QED) is 0.128. The molecule has 294 valence electrons. The number of hydrogen-bond acceptors (Lipinski definition) is 8. The van der Waals surface area contributed by atoms with Crippen LogP contribution in [-0.4, -0.2) is 41.3 Å². The van der Waals surface area contributed by atoms with Gasteiger partial charge in [-0.3, -0.25) is 9.13 Å². The van der Waals surface area contributed by atoms with Crippen molar-refractivity contribution in [2.45, 2.75) is 39.9 Å². The van der Waals surface area contributed by atoms with Crippen molar-refractivity contribution in [2.24, 2.45) is 0 Å². The Morgan fingerprint density at radius 1 is 0.400 bits per heavy atom. The molecule has 5 aromatic carbocycles. The third-order valence-corrected chi connectivity index (χ3v) is 10.1. The highest BCUT2D eigenvalue weighted by Crippen LogP contribution is 2.39. The van der Waals surface area contributed by atoms with Crippen LogP contribution >= 0.6 is 0 Å². The highest BCUT2D eigenvalue weighted by Gasteiger charge is 2.18. The summed E-state index contributed by atoms with van der Waals surface area (Å²) in [5.74, 6) is 5.96. The van der Waals surface area contributed by atoms with Crippen molar-refractivity contribution in [2.75, 3.05) is 0 Å². The summed E-state index contributed by atoms with van der Waals surface area (Å²) in [5, 5.41) is 4.40. The molecule has 0 saturated carbocycles. The van der Waals surface area contributed by atoms with Gasteiger partial charge in [0.25, 0.3) is 0 Å². The van der Waals surface area contributed by atoms with Crippen molar-refractivity contribution < 1.29 is 18.9 Å². The molecular weight excluding hydrogens is 749 g/mol. The first-order valence-corrected chi connectivity index (χ1v) is 20.0. The summed E-state index contributed by atoms with van der Waals surface area (Å²) in [5.41, 5.74) is 4.74. The van der Waals surface area contributed by atoms with E-state index in [1.165, 1.54) is 0 Å². The zero-order valence-corrected chi connectivity index (χ0v) is 33.5. The van der Waals surface area contributed by atoms with Gasteiger partial charge in [-0.2, -0.15) is 0 Å². The van der Waals surface area contributed by atoms with E-state index in [9.17, 15) is 0 Å². The van der Waals surface area contributed by atoms with E-state index in [1.807, 2.05) is 107 Å². The van der Waals surface area contributed by atoms with E-state index in [0.29, 0.717) is 28.8 Å². The molecule has 0 aliphatic heterocycles. The zero-order valence-electron chi connectivity index (χ0n) is 33.5. The standard InChI is InChI=1S/C50H40N6O4/c1-31(2)57-36-16-20-48(53-29-36)55-44-12-7-5-10-40(44)42-18-14-34(27-46(42)55)59-38-24-33(50-51-22-9-23-52-50)25-39(26-38)60-35-15-19-43-41-11-6-8-13-45(41)56(47(43)28-35)49-21-17-37(30-54-49)58-32(3)4/h5-32H,1-4H3. The lowest BCUT2D eigenvalue weighted by molar-refractivity contribution is 0.241. The number of fused-ring (bicyclic) bond motifs is 6. The van der Waals surface area contributed by atoms with Gasteiger partial charge in [0.05, 0.1) is 46.7 Å². The molecule has 0 atom stereocenters. The number of para-hydroxylation sites is 2. The lowest BCUT2D eigenvalue weighted by Crippen LogP contribution is -2.06. The second-order valence-electron chi connectivity index (χ2n) is 15.1. The largest absolute Gasteiger partial charge is 0.489 e. The topological polar surface area (TPSA) is 98.3 Å². The predicted molar refractivity (Wildman–Crippen MR) is 236 cm³/mol. The number of pyridine rings is 2. The number of nitrogens with zero attached hydrogens (tertiary/aromatic N) is 6. The molecule has 0 unspecified atom stereocenters. The second-order valence-corrected chi connectivity index (χ2v) is 15.1. The van der Waals surface area contributed by atoms with Crippen LogP contribution in [0.15, 0.2) is 158 Å². The van der Waals surface area contributed by atoms with Gasteiger partial charge >= 0.3 is 0 Å². The minimum absolute atomic E-state index is 0.0526. The number of benzene rings is 5. The van der Waals surface area contributed by atoms with Crippen molar-refractivity contribution in [3.05, 3.63) is 158 Å². The first kappa shape index (κ1) is 36.6. The Bertz CT molecular complexity index is 2970. The van der Waals surface area contributed by atoms with Crippen molar-refractivity contribution in [3.63, 3.8) is 0 Å². The third-order valence-electron chi connectivity index (χ3n) is 10.1. The smallest absolute Gasteiger partial charge is 0.159 e. The average molecular weight is 789 g/mol. The molecule has 0 N–H and O–H groups in total. The van der Waals surface area contributed by atoms with E-state index < -0.39 is 0 Å². The van der Waals surface area contributed by atoms with E-state index in [1.54, 1.807) is 30.9 Å². The number of ether oxygens (including phenoxy) is 4. The molecule has 0 saturated heterocycles. The fourth-order valence-electron chi connectivity index (χ4n) is 7.75. The highest BCUT2D eigenvalue weighted by atomic mass is 16.5. The van der Waals surface area contributed by atoms with Gasteiger partial charge in [0.2, 0.25) is 0 Å². The maximum absolute atomic E-state index is 6.69. The van der Waals surface area contributed by atoms with Crippen LogP contribution in [0.2, 0.25) is 0 Å². The Morgan fingerprint density at radius 3 is 1.30 bits per heavy atom. The normalized spacial score (nSPS) is 11.6. The van der Waals surface area contributed by atoms with Gasteiger partial charge in [0.1, 0.15) is 46.1 Å². The number of hydrogen-bond donors (Lipinski definition) is 0. The molecule has 0 fully saturated rings. The zero-order chi connectivity index (χ0) is 40.7. The minimum atomic E-state index is 0.0526. The fraction of sp³-hybridized carbons (Fsp3) is 0.120. The van der Waals surface area contributed by atoms with E-state index in [-0.39, 0.29) is 12.2 Å². The molecule has 10 nitrogen and oxygen atoms in total. The van der Waals surface area contributed by atoms with Crippen molar-refractivity contribution in [3.8, 4) is 57.5 Å². The Kier molecular flexibility index (Phi) is 9.29. The Hall–Kier alpha value is -7.72. The molecule has 10 rings (SSSR count). The molecule has 0 amide bonds. The first-order valence-electron chi connectivity index (χ1n) is 20.0. The van der Waals surface area contributed by atoms with Gasteiger partial charge in [-0.05, 0) is 107 Å². The van der Waals surface area contributed by atoms with Crippen LogP contribution in [0.25, 0.3) is 66.6 Å². The van der Waals surface area contributed by atoms with Gasteiger partial charge in [-0.1, -0.05) is 36.4 Å². The molecule has 0 aliphatic carbocycles. The number of aromatic nitrogens is 6. The summed E-state index contributed by atoms with van der Waals surface area (Å²) in [7, 11) is 0. The fourth-order valence-corrected chi connectivity index (χ4v) is 7.75. The van der Waals surface area contributed by atoms with Gasteiger partial charge in [0, 0.05) is 57.7 Å². The maximum atomic E-state index is 6.69. The predicted octanol–water partition coefficient (Wildman–Crippen LogP) is 12.3. The lowest BCUT2D eigenvalue weighted by Gasteiger charge is -2.14. The molecule has 0 radical (unpaired) electrons. The van der Waals surface area contributed by atoms with Crippen LogP contribution in [0.1, 0.15) is 27.7 Å². The van der Waals surface area contributed by atoms with E-state index in [4.69, 9.17) is 28.9 Å². The molecule has 0 bridgehead atoms. The summed E-state index contributed by atoms with van der Waals surface area (Å²) in [6.45, 7) is 8.01. The van der Waals surface area contributed by atoms with E-state index >= 15 is 0 Å². The second kappa shape index (κ2) is 15.2. The van der Waals surface area contributed by atoms with Crippen LogP contribution in [0.4, 0.5) is 0 Å². The van der Waals surface area contributed by atoms with Gasteiger partial charge < -0.3 is 18.9 Å². The SMILES string of the molecule is CC(C)Oc1ccc(-n2c3ccccc3c3ccc(Oc4cc(Oc5ccc6c7ccccc7n(-c7ccc(OC(C)C)cn7)c6c5)cc(-c5ncccn5)c4)cc32)nc1. The molecular formula is C50H40N6O4. The van der Waals surface area contributed by atoms with Crippen molar-refractivity contribution in [1.82, 2.24) is 29.1 Å². The van der Waals surface area contributed by atoms with E-state index in [2.05, 4.69) is 67.6 Å². The van der Waals surface area contributed by atoms with Gasteiger partial charge in [-0.15, -0.1) is 0 Å². The molecule has 10 heteroatoms. The number of rotatable bonds is 11. The summed E-state index contributed by atoms with van der Waals surface area (Å²) in [6.07, 6.45) is 7.09. The maximum Gasteiger partial charge on any atom is 0.159 e. The summed E-state index contributed by atoms with van der Waals surface area (Å²) in [4.78, 5) is 18.7. The molecule has 5 heterocycles. The average Bonchev–Trinajstić information content (AvgIpc) is 3.76. The van der Waals surface area contributed by atoms with Crippen molar-refractivity contribution in [1.29, 1.82) is 0 Å². The van der Waals surface area contributed by atoms with Gasteiger partial charge in [-0.25, -0.2) is 19.9 Å². The van der Waals surface area contributed by atoms with Crippen LogP contribution in [0.3, 0.4) is 0 Å². The summed E-state index contributed by atoms with van der Waals surface area (Å²) >= 11 is 0.